The molecule has 5 aliphatic carbocycles. The van der Waals surface area contributed by atoms with Gasteiger partial charge in [0.15, 0.2) is 8.32 Å². The zero-order valence-electron chi connectivity index (χ0n) is 34.0. The highest BCUT2D eigenvalue weighted by Gasteiger charge is 2.70. The minimum Gasteiger partial charge on any atom is -0.465 e. The number of esters is 1. The van der Waals surface area contributed by atoms with Crippen molar-refractivity contribution >= 4 is 19.9 Å². The van der Waals surface area contributed by atoms with Gasteiger partial charge in [0.2, 0.25) is 0 Å². The molecule has 0 spiro atoms. The molecule has 5 heteroatoms. The van der Waals surface area contributed by atoms with E-state index < -0.39 is 8.32 Å². The first-order valence-electron chi connectivity index (χ1n) is 20.1. The fraction of sp³-hybridized carbons (Fsp3) is 0.756. The maximum Gasteiger partial charge on any atom is 0.337 e. The number of hydrogen-bond acceptors (Lipinski definition) is 4. The summed E-state index contributed by atoms with van der Waals surface area (Å²) in [5.74, 6) is 3.09. The molecule has 0 unspecified atom stereocenters. The molecule has 0 aliphatic heterocycles. The van der Waals surface area contributed by atoms with Gasteiger partial charge in [-0.25, -0.2) is 4.79 Å². The summed E-state index contributed by atoms with van der Waals surface area (Å²) >= 11 is 0. The maximum absolute atomic E-state index is 12.2. The molecule has 6 rings (SSSR count). The van der Waals surface area contributed by atoms with Crippen LogP contribution in [0, 0.1) is 51.2 Å². The molecule has 0 amide bonds. The van der Waals surface area contributed by atoms with Crippen molar-refractivity contribution < 1.29 is 14.0 Å². The van der Waals surface area contributed by atoms with E-state index in [1.807, 2.05) is 12.1 Å². The molecular formula is C45H71NO3Si. The monoisotopic (exact) mass is 702 g/mol. The molecule has 50 heavy (non-hydrogen) atoms. The number of rotatable bonds is 8. The largest absolute Gasteiger partial charge is 0.465 e. The second-order valence-corrected chi connectivity index (χ2v) is 25.3. The summed E-state index contributed by atoms with van der Waals surface area (Å²) in [6.45, 7) is 33.8. The van der Waals surface area contributed by atoms with Crippen molar-refractivity contribution in [3.05, 3.63) is 53.6 Å². The van der Waals surface area contributed by atoms with Crippen molar-refractivity contribution in [3.8, 4) is 0 Å². The van der Waals surface area contributed by atoms with E-state index in [0.717, 1.165) is 31.4 Å². The lowest BCUT2D eigenvalue weighted by atomic mass is 9.33. The van der Waals surface area contributed by atoms with Gasteiger partial charge in [-0.1, -0.05) is 85.8 Å². The van der Waals surface area contributed by atoms with E-state index in [1.165, 1.54) is 75.2 Å². The molecule has 5 aliphatic rings. The van der Waals surface area contributed by atoms with Gasteiger partial charge in [0.1, 0.15) is 0 Å². The normalized spacial score (nSPS) is 39.4. The Hall–Kier alpha value is -1.69. The third-order valence-electron chi connectivity index (χ3n) is 17.1. The van der Waals surface area contributed by atoms with E-state index >= 15 is 0 Å². The van der Waals surface area contributed by atoms with Crippen LogP contribution in [0.5, 0.6) is 0 Å². The van der Waals surface area contributed by atoms with E-state index in [2.05, 4.69) is 106 Å². The van der Waals surface area contributed by atoms with Gasteiger partial charge >= 0.3 is 5.97 Å². The molecule has 0 saturated heterocycles. The van der Waals surface area contributed by atoms with Crippen molar-refractivity contribution in [1.29, 1.82) is 0 Å². The minimum absolute atomic E-state index is 0.0630. The summed E-state index contributed by atoms with van der Waals surface area (Å²) in [4.78, 5) is 12.2. The number of nitrogens with one attached hydrogen (secondary N) is 1. The van der Waals surface area contributed by atoms with E-state index in [0.29, 0.717) is 34.1 Å². The Balaban J connectivity index is 1.27. The van der Waals surface area contributed by atoms with Crippen molar-refractivity contribution in [3.63, 3.8) is 0 Å². The molecule has 9 atom stereocenters. The van der Waals surface area contributed by atoms with Crippen LogP contribution < -0.4 is 5.32 Å². The Kier molecular flexibility index (Phi) is 9.68. The van der Waals surface area contributed by atoms with Gasteiger partial charge in [-0.05, 0) is 157 Å². The van der Waals surface area contributed by atoms with Gasteiger partial charge in [0, 0.05) is 18.7 Å². The molecular weight excluding hydrogens is 631 g/mol. The number of benzene rings is 1. The highest BCUT2D eigenvalue weighted by atomic mass is 28.4. The Bertz CT molecular complexity index is 1500. The van der Waals surface area contributed by atoms with Crippen molar-refractivity contribution in [2.75, 3.05) is 20.3 Å². The quantitative estimate of drug-likeness (QED) is 0.127. The molecule has 4 nitrogen and oxygen atoms in total. The highest BCUT2D eigenvalue weighted by Crippen LogP contribution is 2.76. The number of hydrogen-bond donors (Lipinski definition) is 1. The summed E-state index contributed by atoms with van der Waals surface area (Å²) in [6, 6.07) is 8.16. The average Bonchev–Trinajstić information content (AvgIpc) is 3.42. The Morgan fingerprint density at radius 1 is 0.920 bits per heavy atom. The molecule has 1 aromatic rings. The molecule has 0 bridgehead atoms. The van der Waals surface area contributed by atoms with E-state index in [9.17, 15) is 4.79 Å². The third-order valence-corrected chi connectivity index (χ3v) is 21.6. The van der Waals surface area contributed by atoms with Gasteiger partial charge in [0.25, 0.3) is 0 Å². The fourth-order valence-electron chi connectivity index (χ4n) is 13.3. The maximum atomic E-state index is 12.2. The lowest BCUT2D eigenvalue weighted by molar-refractivity contribution is -0.219. The summed E-state index contributed by atoms with van der Waals surface area (Å²) < 4.78 is 11.7. The van der Waals surface area contributed by atoms with Crippen LogP contribution in [0.4, 0.5) is 0 Å². The van der Waals surface area contributed by atoms with E-state index in [-0.39, 0.29) is 27.4 Å². The van der Waals surface area contributed by atoms with Crippen LogP contribution in [0.25, 0.3) is 5.57 Å². The number of ether oxygens (including phenoxy) is 1. The standard InChI is InChI=1S/C45H71NO3Si/c1-30(2)33-20-25-45(46-28-29-49-50(12,13)40(3,4)5)27-26-43(9)35(38(33)45)18-19-37-42(8)23-21-34(31-14-16-32(17-15-31)39(47)48-11)41(6,7)36(42)22-24-44(37,43)10/h14-17,21,33,35-38,46H,1,18-20,22-29H2,2-13H3/t33-,35+,36-,37+,38+,42-,43+,44+,45-/m0/s1. The van der Waals surface area contributed by atoms with Crippen LogP contribution in [0.1, 0.15) is 136 Å². The Morgan fingerprint density at radius 3 is 2.22 bits per heavy atom. The Labute approximate surface area is 307 Å². The van der Waals surface area contributed by atoms with Gasteiger partial charge in [-0.3, -0.25) is 0 Å². The van der Waals surface area contributed by atoms with Crippen LogP contribution in [-0.4, -0.2) is 40.1 Å². The number of carbonyl (C=O) groups is 1. The average molecular weight is 702 g/mol. The van der Waals surface area contributed by atoms with Crippen LogP contribution in [0.2, 0.25) is 18.1 Å². The first kappa shape index (κ1) is 38.0. The third kappa shape index (κ3) is 5.69. The number of fused-ring (bicyclic) bond motifs is 7. The van der Waals surface area contributed by atoms with Gasteiger partial charge in [-0.15, -0.1) is 0 Å². The number of carbonyl (C=O) groups excluding carboxylic acids is 1. The second-order valence-electron chi connectivity index (χ2n) is 20.5. The van der Waals surface area contributed by atoms with Crippen LogP contribution in [-0.2, 0) is 9.16 Å². The summed E-state index contributed by atoms with van der Waals surface area (Å²) in [5.41, 5.74) is 5.95. The molecule has 278 valence electrons. The molecule has 4 saturated carbocycles. The SMILES string of the molecule is C=C(C)[C@@H]1CC[C@]2(NCCO[Si](C)(C)C(C)(C)C)CC[C@]3(C)[C@H](CC[C@@H]4[C@@]5(C)CC=C(c6ccc(C(=O)OC)cc6)C(C)(C)[C@@H]5CC[C@]43C)[C@@H]12. The first-order valence-corrected chi connectivity index (χ1v) is 23.0. The number of allylic oxidation sites excluding steroid dienone is 3. The molecule has 0 aromatic heterocycles. The van der Waals surface area contributed by atoms with Crippen molar-refractivity contribution in [2.24, 2.45) is 51.2 Å². The van der Waals surface area contributed by atoms with Crippen LogP contribution in [0.3, 0.4) is 0 Å². The van der Waals surface area contributed by atoms with E-state index in [1.54, 1.807) is 0 Å². The van der Waals surface area contributed by atoms with Gasteiger partial charge in [0.05, 0.1) is 12.7 Å². The molecule has 1 aromatic carbocycles. The predicted octanol–water partition coefficient (Wildman–Crippen LogP) is 11.5. The fourth-order valence-corrected chi connectivity index (χ4v) is 14.3. The summed E-state index contributed by atoms with van der Waals surface area (Å²) in [5, 5.41) is 4.50. The van der Waals surface area contributed by atoms with Crippen molar-refractivity contribution in [2.45, 2.75) is 144 Å². The lowest BCUT2D eigenvalue weighted by Gasteiger charge is -2.72. The first-order chi connectivity index (χ1) is 23.2. The smallest absolute Gasteiger partial charge is 0.337 e. The molecule has 4 fully saturated rings. The summed E-state index contributed by atoms with van der Waals surface area (Å²) in [7, 11) is -0.314. The predicted molar refractivity (Wildman–Crippen MR) is 212 cm³/mol. The summed E-state index contributed by atoms with van der Waals surface area (Å²) in [6.07, 6.45) is 14.2. The zero-order chi connectivity index (χ0) is 36.7. The second kappa shape index (κ2) is 12.7. The highest BCUT2D eigenvalue weighted by molar-refractivity contribution is 6.74. The van der Waals surface area contributed by atoms with Crippen LogP contribution >= 0.6 is 0 Å². The van der Waals surface area contributed by atoms with Crippen molar-refractivity contribution in [1.82, 2.24) is 5.32 Å². The number of methoxy groups -OCH3 is 1. The van der Waals surface area contributed by atoms with Crippen LogP contribution in [0.15, 0.2) is 42.5 Å². The lowest BCUT2D eigenvalue weighted by Crippen LogP contribution is -2.68. The van der Waals surface area contributed by atoms with Gasteiger partial charge in [-0.2, -0.15) is 0 Å². The van der Waals surface area contributed by atoms with Gasteiger partial charge < -0.3 is 14.5 Å². The minimum atomic E-state index is -1.77. The van der Waals surface area contributed by atoms with E-state index in [4.69, 9.17) is 9.16 Å². The molecule has 0 heterocycles. The Morgan fingerprint density at radius 2 is 1.60 bits per heavy atom. The zero-order valence-corrected chi connectivity index (χ0v) is 35.0. The molecule has 0 radical (unpaired) electrons. The topological polar surface area (TPSA) is 47.6 Å². The molecule has 1 N–H and O–H groups in total.